The summed E-state index contributed by atoms with van der Waals surface area (Å²) >= 11 is 0. The molecule has 2 N–H and O–H groups in total. The molecule has 0 aromatic heterocycles. The number of carbonyl (C=O) groups is 1. The zero-order valence-electron chi connectivity index (χ0n) is 20.9. The fourth-order valence-electron chi connectivity index (χ4n) is 9.49. The average molecular weight is 453 g/mol. The third-order valence-corrected chi connectivity index (χ3v) is 11.4. The van der Waals surface area contributed by atoms with Crippen LogP contribution in [0.15, 0.2) is 30.3 Å². The fraction of sp³-hybridized carbons (Fsp3) is 0.767. The van der Waals surface area contributed by atoms with Crippen molar-refractivity contribution in [1.82, 2.24) is 0 Å². The van der Waals surface area contributed by atoms with Gasteiger partial charge in [-0.25, -0.2) is 0 Å². The predicted octanol–water partition coefficient (Wildman–Crippen LogP) is 6.28. The monoisotopic (exact) mass is 452 g/mol. The van der Waals surface area contributed by atoms with Crippen LogP contribution < -0.4 is 0 Å². The molecular formula is C30H44O3. The number of Topliss-reactive ketones (excluding diaryl/α,β-unsaturated/α-hetero) is 1. The van der Waals surface area contributed by atoms with Crippen molar-refractivity contribution in [2.45, 2.75) is 97.2 Å². The lowest BCUT2D eigenvalue weighted by Crippen LogP contribution is -2.58. The van der Waals surface area contributed by atoms with E-state index in [1.165, 1.54) is 25.7 Å². The molecular weight excluding hydrogens is 408 g/mol. The number of ketones is 1. The van der Waals surface area contributed by atoms with Gasteiger partial charge in [-0.3, -0.25) is 4.79 Å². The van der Waals surface area contributed by atoms with Gasteiger partial charge < -0.3 is 10.2 Å². The zero-order chi connectivity index (χ0) is 23.4. The Bertz CT molecular complexity index is 851. The molecule has 4 fully saturated rings. The van der Waals surface area contributed by atoms with Gasteiger partial charge in [0.2, 0.25) is 0 Å². The molecule has 10 atom stereocenters. The maximum absolute atomic E-state index is 12.7. The van der Waals surface area contributed by atoms with E-state index in [2.05, 4.69) is 20.8 Å². The van der Waals surface area contributed by atoms with Crippen LogP contribution in [-0.4, -0.2) is 28.2 Å². The highest BCUT2D eigenvalue weighted by Gasteiger charge is 2.63. The van der Waals surface area contributed by atoms with Crippen LogP contribution in [0.1, 0.15) is 95.3 Å². The molecule has 0 unspecified atom stereocenters. The Balaban J connectivity index is 1.30. The maximum Gasteiger partial charge on any atom is 0.162 e. The molecule has 0 aliphatic heterocycles. The van der Waals surface area contributed by atoms with Crippen LogP contribution in [-0.2, 0) is 0 Å². The number of hydrogen-bond acceptors (Lipinski definition) is 3. The first-order valence-electron chi connectivity index (χ1n) is 13.7. The van der Waals surface area contributed by atoms with Gasteiger partial charge in [0.1, 0.15) is 0 Å². The first-order chi connectivity index (χ1) is 15.7. The molecule has 1 aromatic carbocycles. The Hall–Kier alpha value is -1.19. The highest BCUT2D eigenvalue weighted by atomic mass is 16.3. The van der Waals surface area contributed by atoms with E-state index in [1.54, 1.807) is 0 Å². The molecule has 0 radical (unpaired) electrons. The molecule has 0 bridgehead atoms. The van der Waals surface area contributed by atoms with Gasteiger partial charge in [-0.05, 0) is 104 Å². The van der Waals surface area contributed by atoms with E-state index < -0.39 is 0 Å². The van der Waals surface area contributed by atoms with Crippen LogP contribution in [0.2, 0.25) is 0 Å². The number of aliphatic hydroxyl groups is 2. The van der Waals surface area contributed by atoms with Gasteiger partial charge in [-0.2, -0.15) is 0 Å². The summed E-state index contributed by atoms with van der Waals surface area (Å²) in [5.41, 5.74) is 1.09. The van der Waals surface area contributed by atoms with E-state index in [0.29, 0.717) is 36.0 Å². The summed E-state index contributed by atoms with van der Waals surface area (Å²) in [6.07, 6.45) is 10.1. The molecule has 5 rings (SSSR count). The van der Waals surface area contributed by atoms with E-state index >= 15 is 0 Å². The maximum atomic E-state index is 12.7. The Morgan fingerprint density at radius 1 is 1.00 bits per heavy atom. The van der Waals surface area contributed by atoms with Gasteiger partial charge in [0.15, 0.2) is 5.78 Å². The number of fused-ring (bicyclic) bond motifs is 5. The number of hydrogen-bond donors (Lipinski definition) is 2. The van der Waals surface area contributed by atoms with E-state index in [4.69, 9.17) is 0 Å². The lowest BCUT2D eigenvalue weighted by atomic mass is 9.43. The van der Waals surface area contributed by atoms with Crippen molar-refractivity contribution in [3.63, 3.8) is 0 Å². The largest absolute Gasteiger partial charge is 0.393 e. The molecule has 1 aromatic rings. The van der Waals surface area contributed by atoms with Crippen LogP contribution >= 0.6 is 0 Å². The SMILES string of the molecule is C[C@H](CCC(=O)c1ccccc1)[C@H]1CC[C@H]2[C@@H]3CC[C@H]4C[C@@H](O)CC[C@]4(C)[C@H]3C[C@H](O)[C@]12C. The van der Waals surface area contributed by atoms with Gasteiger partial charge in [-0.15, -0.1) is 0 Å². The summed E-state index contributed by atoms with van der Waals surface area (Å²) in [6.45, 7) is 7.21. The van der Waals surface area contributed by atoms with Crippen molar-refractivity contribution < 1.29 is 15.0 Å². The minimum atomic E-state index is -0.244. The number of carbonyl (C=O) groups excluding carboxylic acids is 1. The fourth-order valence-corrected chi connectivity index (χ4v) is 9.49. The number of rotatable bonds is 5. The van der Waals surface area contributed by atoms with Crippen LogP contribution in [0.5, 0.6) is 0 Å². The van der Waals surface area contributed by atoms with Crippen molar-refractivity contribution in [2.75, 3.05) is 0 Å². The number of aliphatic hydroxyl groups excluding tert-OH is 2. The van der Waals surface area contributed by atoms with Crippen molar-refractivity contribution in [1.29, 1.82) is 0 Å². The number of benzene rings is 1. The summed E-state index contributed by atoms with van der Waals surface area (Å²) in [5, 5.41) is 22.0. The zero-order valence-corrected chi connectivity index (χ0v) is 20.9. The second-order valence-electron chi connectivity index (χ2n) is 12.7. The third-order valence-electron chi connectivity index (χ3n) is 11.4. The van der Waals surface area contributed by atoms with Gasteiger partial charge in [0, 0.05) is 12.0 Å². The van der Waals surface area contributed by atoms with E-state index in [9.17, 15) is 15.0 Å². The molecule has 0 amide bonds. The van der Waals surface area contributed by atoms with Crippen molar-refractivity contribution in [3.05, 3.63) is 35.9 Å². The first-order valence-corrected chi connectivity index (χ1v) is 13.7. The molecule has 0 saturated heterocycles. The topological polar surface area (TPSA) is 57.5 Å². The van der Waals surface area contributed by atoms with Crippen molar-refractivity contribution >= 4 is 5.78 Å². The molecule has 0 spiro atoms. The predicted molar refractivity (Wildman–Crippen MR) is 132 cm³/mol. The molecule has 182 valence electrons. The first kappa shape index (κ1) is 23.5. The molecule has 3 nitrogen and oxygen atoms in total. The highest BCUT2D eigenvalue weighted by Crippen LogP contribution is 2.68. The Labute approximate surface area is 200 Å². The molecule has 33 heavy (non-hydrogen) atoms. The normalized spacial score (nSPS) is 45.5. The molecule has 0 heterocycles. The quantitative estimate of drug-likeness (QED) is 0.517. The lowest BCUT2D eigenvalue weighted by Gasteiger charge is -2.62. The third kappa shape index (κ3) is 3.82. The second-order valence-corrected chi connectivity index (χ2v) is 12.7. The standard InChI is InChI=1S/C30H44O3/c1-19(9-14-27(32)20-7-5-4-6-8-20)24-12-13-25-23-11-10-21-17-22(31)15-16-29(21,2)26(23)18-28(33)30(24,25)3/h4-8,19,21-26,28,31,33H,9-18H2,1-3H3/t19-,21+,22+,23+,24-,25+,26+,28+,29+,30-/m1/s1. The minimum absolute atomic E-state index is 0.0201. The Morgan fingerprint density at radius 3 is 2.52 bits per heavy atom. The van der Waals surface area contributed by atoms with E-state index in [1.807, 2.05) is 30.3 Å². The van der Waals surface area contributed by atoms with Crippen LogP contribution in [0.25, 0.3) is 0 Å². The van der Waals surface area contributed by atoms with Gasteiger partial charge in [0.05, 0.1) is 12.2 Å². The van der Waals surface area contributed by atoms with Gasteiger partial charge in [-0.1, -0.05) is 51.1 Å². The smallest absolute Gasteiger partial charge is 0.162 e. The minimum Gasteiger partial charge on any atom is -0.393 e. The molecule has 3 heteroatoms. The van der Waals surface area contributed by atoms with E-state index in [-0.39, 0.29) is 28.8 Å². The summed E-state index contributed by atoms with van der Waals surface area (Å²) in [6, 6.07) is 9.69. The van der Waals surface area contributed by atoms with Crippen LogP contribution in [0.3, 0.4) is 0 Å². The summed E-state index contributed by atoms with van der Waals surface area (Å²) in [4.78, 5) is 12.7. The summed E-state index contributed by atoms with van der Waals surface area (Å²) in [5.74, 6) is 3.75. The highest BCUT2D eigenvalue weighted by molar-refractivity contribution is 5.95. The Morgan fingerprint density at radius 2 is 1.76 bits per heavy atom. The lowest BCUT2D eigenvalue weighted by molar-refractivity contribution is -0.174. The summed E-state index contributed by atoms with van der Waals surface area (Å²) < 4.78 is 0. The van der Waals surface area contributed by atoms with Gasteiger partial charge in [0.25, 0.3) is 0 Å². The van der Waals surface area contributed by atoms with Gasteiger partial charge >= 0.3 is 0 Å². The van der Waals surface area contributed by atoms with Crippen LogP contribution in [0.4, 0.5) is 0 Å². The molecule has 4 saturated carbocycles. The average Bonchev–Trinajstić information content (AvgIpc) is 3.18. The van der Waals surface area contributed by atoms with Crippen molar-refractivity contribution in [3.8, 4) is 0 Å². The van der Waals surface area contributed by atoms with Crippen LogP contribution in [0, 0.1) is 46.3 Å². The summed E-state index contributed by atoms with van der Waals surface area (Å²) in [7, 11) is 0. The molecule has 4 aliphatic rings. The van der Waals surface area contributed by atoms with E-state index in [0.717, 1.165) is 43.6 Å². The second kappa shape index (κ2) is 8.79. The molecule has 4 aliphatic carbocycles. The van der Waals surface area contributed by atoms with Crippen molar-refractivity contribution in [2.24, 2.45) is 46.3 Å². The Kier molecular flexibility index (Phi) is 6.27.